The molecule has 0 saturated carbocycles. The largest absolute Gasteiger partial charge is 0.353 e. The Balaban J connectivity index is 3.87. The van der Waals surface area contributed by atoms with Crippen molar-refractivity contribution in [1.29, 1.82) is 0 Å². The van der Waals surface area contributed by atoms with Gasteiger partial charge >= 0.3 is 0 Å². The molecule has 0 aliphatic heterocycles. The van der Waals surface area contributed by atoms with Gasteiger partial charge in [0.2, 0.25) is 5.91 Å². The minimum absolute atomic E-state index is 0.126. The van der Waals surface area contributed by atoms with Crippen LogP contribution < -0.4 is 11.1 Å². The Morgan fingerprint density at radius 1 is 1.54 bits per heavy atom. The fourth-order valence-electron chi connectivity index (χ4n) is 0.930. The second-order valence-electron chi connectivity index (χ2n) is 3.23. The SMILES string of the molecule is C#CCC(=O)NCC(N)(CC)CC. The highest BCUT2D eigenvalue weighted by molar-refractivity contribution is 5.78. The monoisotopic (exact) mass is 182 g/mol. The molecular weight excluding hydrogens is 164 g/mol. The molecule has 0 saturated heterocycles. The molecule has 3 N–H and O–H groups in total. The van der Waals surface area contributed by atoms with Gasteiger partial charge in [-0.1, -0.05) is 19.8 Å². The molecule has 0 aromatic carbocycles. The van der Waals surface area contributed by atoms with Crippen LogP contribution in [-0.2, 0) is 4.79 Å². The summed E-state index contributed by atoms with van der Waals surface area (Å²) in [6.07, 6.45) is 6.81. The Morgan fingerprint density at radius 3 is 2.46 bits per heavy atom. The minimum atomic E-state index is -0.287. The van der Waals surface area contributed by atoms with Crippen LogP contribution in [0.5, 0.6) is 0 Å². The van der Waals surface area contributed by atoms with Gasteiger partial charge in [0.05, 0.1) is 6.42 Å². The predicted molar refractivity (Wildman–Crippen MR) is 54.0 cm³/mol. The molecule has 3 nitrogen and oxygen atoms in total. The maximum Gasteiger partial charge on any atom is 0.232 e. The van der Waals surface area contributed by atoms with Gasteiger partial charge in [-0.05, 0) is 12.8 Å². The molecule has 3 heteroatoms. The highest BCUT2D eigenvalue weighted by atomic mass is 16.1. The molecular formula is C10H18N2O. The molecule has 0 aliphatic carbocycles. The highest BCUT2D eigenvalue weighted by Gasteiger charge is 2.20. The van der Waals surface area contributed by atoms with Gasteiger partial charge in [0.15, 0.2) is 0 Å². The first-order valence-electron chi connectivity index (χ1n) is 4.57. The van der Waals surface area contributed by atoms with E-state index >= 15 is 0 Å². The molecule has 0 radical (unpaired) electrons. The number of terminal acetylenes is 1. The fraction of sp³-hybridized carbons (Fsp3) is 0.700. The van der Waals surface area contributed by atoms with Gasteiger partial charge < -0.3 is 11.1 Å². The number of carbonyl (C=O) groups excluding carboxylic acids is 1. The Bertz CT molecular complexity index is 201. The van der Waals surface area contributed by atoms with E-state index in [-0.39, 0.29) is 17.9 Å². The molecule has 13 heavy (non-hydrogen) atoms. The number of amides is 1. The molecule has 0 aromatic heterocycles. The van der Waals surface area contributed by atoms with Crippen molar-refractivity contribution in [3.8, 4) is 12.3 Å². The summed E-state index contributed by atoms with van der Waals surface area (Å²) in [6.45, 7) is 4.52. The number of carbonyl (C=O) groups is 1. The van der Waals surface area contributed by atoms with E-state index in [0.29, 0.717) is 6.54 Å². The van der Waals surface area contributed by atoms with E-state index < -0.39 is 0 Å². The van der Waals surface area contributed by atoms with E-state index in [1.807, 2.05) is 13.8 Å². The van der Waals surface area contributed by atoms with Crippen LogP contribution in [0.15, 0.2) is 0 Å². The average molecular weight is 182 g/mol. The summed E-state index contributed by atoms with van der Waals surface area (Å²) >= 11 is 0. The number of nitrogens with two attached hydrogens (primary N) is 1. The van der Waals surface area contributed by atoms with Gasteiger partial charge in [-0.15, -0.1) is 6.42 Å². The molecule has 1 amide bonds. The smallest absolute Gasteiger partial charge is 0.232 e. The van der Waals surface area contributed by atoms with Gasteiger partial charge in [0.25, 0.3) is 0 Å². The molecule has 0 fully saturated rings. The Kier molecular flexibility index (Phi) is 5.17. The zero-order valence-corrected chi connectivity index (χ0v) is 8.39. The summed E-state index contributed by atoms with van der Waals surface area (Å²) in [4.78, 5) is 11.0. The van der Waals surface area contributed by atoms with Crippen LogP contribution in [0.2, 0.25) is 0 Å². The average Bonchev–Trinajstić information content (AvgIpc) is 2.15. The van der Waals surface area contributed by atoms with Crippen LogP contribution in [0.1, 0.15) is 33.1 Å². The first-order valence-corrected chi connectivity index (χ1v) is 4.57. The molecule has 0 spiro atoms. The maximum absolute atomic E-state index is 11.0. The lowest BCUT2D eigenvalue weighted by Crippen LogP contribution is -2.49. The van der Waals surface area contributed by atoms with Crippen molar-refractivity contribution in [2.75, 3.05) is 6.54 Å². The standard InChI is InChI=1S/C10H18N2O/c1-4-7-9(13)12-8-10(11,5-2)6-3/h1H,5-8,11H2,2-3H3,(H,12,13). The van der Waals surface area contributed by atoms with E-state index in [4.69, 9.17) is 12.2 Å². The molecule has 0 unspecified atom stereocenters. The molecule has 0 heterocycles. The lowest BCUT2D eigenvalue weighted by Gasteiger charge is -2.26. The summed E-state index contributed by atoms with van der Waals surface area (Å²) < 4.78 is 0. The lowest BCUT2D eigenvalue weighted by atomic mass is 9.94. The number of nitrogens with one attached hydrogen (secondary N) is 1. The van der Waals surface area contributed by atoms with Gasteiger partial charge in [-0.25, -0.2) is 0 Å². The fourth-order valence-corrected chi connectivity index (χ4v) is 0.930. The van der Waals surface area contributed by atoms with Crippen molar-refractivity contribution in [2.45, 2.75) is 38.6 Å². The van der Waals surface area contributed by atoms with E-state index in [1.54, 1.807) is 0 Å². The van der Waals surface area contributed by atoms with E-state index in [9.17, 15) is 4.79 Å². The summed E-state index contributed by atoms with van der Waals surface area (Å²) in [5, 5.41) is 2.72. The zero-order chi connectivity index (χ0) is 10.3. The normalized spacial score (nSPS) is 10.6. The van der Waals surface area contributed by atoms with Crippen LogP contribution >= 0.6 is 0 Å². The minimum Gasteiger partial charge on any atom is -0.353 e. The van der Waals surface area contributed by atoms with Crippen LogP contribution in [0, 0.1) is 12.3 Å². The quantitative estimate of drug-likeness (QED) is 0.613. The van der Waals surface area contributed by atoms with Gasteiger partial charge in [0.1, 0.15) is 0 Å². The van der Waals surface area contributed by atoms with Crippen LogP contribution in [-0.4, -0.2) is 18.0 Å². The molecule has 0 aromatic rings. The summed E-state index contributed by atoms with van der Waals surface area (Å²) in [6, 6.07) is 0. The van der Waals surface area contributed by atoms with Crippen LogP contribution in [0.25, 0.3) is 0 Å². The van der Waals surface area contributed by atoms with Crippen molar-refractivity contribution in [3.05, 3.63) is 0 Å². The van der Waals surface area contributed by atoms with Crippen molar-refractivity contribution < 1.29 is 4.79 Å². The second-order valence-corrected chi connectivity index (χ2v) is 3.23. The molecule has 0 bridgehead atoms. The van der Waals surface area contributed by atoms with E-state index in [2.05, 4.69) is 11.2 Å². The summed E-state index contributed by atoms with van der Waals surface area (Å²) in [5.74, 6) is 2.16. The Morgan fingerprint density at radius 2 is 2.08 bits per heavy atom. The van der Waals surface area contributed by atoms with Crippen molar-refractivity contribution in [2.24, 2.45) is 5.73 Å². The third-order valence-corrected chi connectivity index (χ3v) is 2.31. The number of hydrogen-bond acceptors (Lipinski definition) is 2. The second kappa shape index (κ2) is 5.60. The van der Waals surface area contributed by atoms with Crippen molar-refractivity contribution in [3.63, 3.8) is 0 Å². The summed E-state index contributed by atoms with van der Waals surface area (Å²) in [7, 11) is 0. The van der Waals surface area contributed by atoms with E-state index in [1.165, 1.54) is 0 Å². The number of rotatable bonds is 5. The Hall–Kier alpha value is -1.01. The third kappa shape index (κ3) is 4.54. The highest BCUT2D eigenvalue weighted by Crippen LogP contribution is 2.09. The lowest BCUT2D eigenvalue weighted by molar-refractivity contribution is -0.120. The van der Waals surface area contributed by atoms with Gasteiger partial charge in [0, 0.05) is 12.1 Å². The van der Waals surface area contributed by atoms with Crippen molar-refractivity contribution >= 4 is 5.91 Å². The molecule has 0 aliphatic rings. The van der Waals surface area contributed by atoms with Crippen molar-refractivity contribution in [1.82, 2.24) is 5.32 Å². The summed E-state index contributed by atoms with van der Waals surface area (Å²) in [5.41, 5.74) is 5.69. The van der Waals surface area contributed by atoms with E-state index in [0.717, 1.165) is 12.8 Å². The van der Waals surface area contributed by atoms with Crippen LogP contribution in [0.3, 0.4) is 0 Å². The van der Waals surface area contributed by atoms with Crippen LogP contribution in [0.4, 0.5) is 0 Å². The third-order valence-electron chi connectivity index (χ3n) is 2.31. The van der Waals surface area contributed by atoms with Gasteiger partial charge in [-0.2, -0.15) is 0 Å². The molecule has 74 valence electrons. The first-order chi connectivity index (χ1) is 6.08. The molecule has 0 atom stereocenters. The first kappa shape index (κ1) is 12.0. The number of hydrogen-bond donors (Lipinski definition) is 2. The zero-order valence-electron chi connectivity index (χ0n) is 8.39. The Labute approximate surface area is 80.1 Å². The predicted octanol–water partition coefficient (Wildman–Crippen LogP) is 0.643. The maximum atomic E-state index is 11.0. The molecule has 0 rings (SSSR count). The van der Waals surface area contributed by atoms with Gasteiger partial charge in [-0.3, -0.25) is 4.79 Å². The topological polar surface area (TPSA) is 55.1 Å².